The third kappa shape index (κ3) is 4.41. The van der Waals surface area contributed by atoms with Gasteiger partial charge < -0.3 is 8.37 Å². The zero-order valence-electron chi connectivity index (χ0n) is 13.7. The minimum Gasteiger partial charge on any atom is -0.334 e. The van der Waals surface area contributed by atoms with E-state index in [2.05, 4.69) is 4.18 Å². The van der Waals surface area contributed by atoms with Crippen LogP contribution in [0.15, 0.2) is 42.5 Å². The van der Waals surface area contributed by atoms with E-state index < -0.39 is 29.2 Å². The Morgan fingerprint density at radius 3 is 2.46 bits per heavy atom. The smallest absolute Gasteiger partial charge is 0.334 e. The summed E-state index contributed by atoms with van der Waals surface area (Å²) in [5.74, 6) is -1.90. The quantitative estimate of drug-likeness (QED) is 0.761. The minimum atomic E-state index is -2.41. The fourth-order valence-corrected chi connectivity index (χ4v) is 3.05. The molecule has 0 radical (unpaired) electrons. The van der Waals surface area contributed by atoms with Crippen LogP contribution in [0, 0.1) is 0 Å². The van der Waals surface area contributed by atoms with Gasteiger partial charge >= 0.3 is 23.3 Å². The summed E-state index contributed by atoms with van der Waals surface area (Å²) in [4.78, 5) is 23.7. The molecule has 2 aromatic rings. The van der Waals surface area contributed by atoms with Gasteiger partial charge in [0.2, 0.25) is 0 Å². The molecule has 0 saturated carbocycles. The van der Waals surface area contributed by atoms with Crippen molar-refractivity contribution in [3.05, 3.63) is 48.0 Å². The Kier molecular flexibility index (Phi) is 6.49. The Balaban J connectivity index is 2.17. The molecule has 5 nitrogen and oxygen atoms in total. The van der Waals surface area contributed by atoms with Crippen LogP contribution >= 0.6 is 0 Å². The van der Waals surface area contributed by atoms with E-state index >= 15 is 0 Å². The Morgan fingerprint density at radius 1 is 1.04 bits per heavy atom. The summed E-state index contributed by atoms with van der Waals surface area (Å²) < 4.78 is 21.1. The molecule has 0 aliphatic heterocycles. The second-order valence-electron chi connectivity index (χ2n) is 5.34. The van der Waals surface area contributed by atoms with Crippen LogP contribution in [0.4, 0.5) is 0 Å². The maximum absolute atomic E-state index is 12.4. The SMILES string of the molecule is CCCC(=O)OS(=O)OC(=O)C(CC)c1cccc2ccccc12. The molecule has 2 atom stereocenters. The van der Waals surface area contributed by atoms with E-state index in [1.807, 2.05) is 49.4 Å². The van der Waals surface area contributed by atoms with Crippen LogP contribution in [-0.4, -0.2) is 16.1 Å². The molecular weight excluding hydrogens is 328 g/mol. The number of hydrogen-bond acceptors (Lipinski definition) is 5. The van der Waals surface area contributed by atoms with Gasteiger partial charge in [-0.3, -0.25) is 9.59 Å². The van der Waals surface area contributed by atoms with Crippen molar-refractivity contribution in [3.63, 3.8) is 0 Å². The lowest BCUT2D eigenvalue weighted by Crippen LogP contribution is -2.19. The van der Waals surface area contributed by atoms with Crippen LogP contribution in [0.1, 0.15) is 44.6 Å². The van der Waals surface area contributed by atoms with Crippen molar-refractivity contribution < 1.29 is 22.2 Å². The van der Waals surface area contributed by atoms with Crippen LogP contribution in [0.25, 0.3) is 10.8 Å². The lowest BCUT2D eigenvalue weighted by Gasteiger charge is -2.15. The standard InChI is InChI=1S/C18H20O5S/c1-3-8-17(19)22-24(21)23-18(20)14(4-2)16-12-7-10-13-9-5-6-11-15(13)16/h5-7,9-12,14H,3-4,8H2,1-2H3. The first-order valence-electron chi connectivity index (χ1n) is 7.89. The second kappa shape index (κ2) is 8.59. The van der Waals surface area contributed by atoms with E-state index in [1.54, 1.807) is 6.92 Å². The molecule has 6 heteroatoms. The van der Waals surface area contributed by atoms with E-state index in [0.717, 1.165) is 16.3 Å². The highest BCUT2D eigenvalue weighted by molar-refractivity contribution is 7.76. The molecule has 0 aliphatic carbocycles. The normalized spacial score (nSPS) is 13.2. The first-order valence-corrected chi connectivity index (χ1v) is 8.89. The van der Waals surface area contributed by atoms with Crippen LogP contribution in [-0.2, 0) is 29.3 Å². The highest BCUT2D eigenvalue weighted by Gasteiger charge is 2.25. The van der Waals surface area contributed by atoms with Crippen molar-refractivity contribution in [2.75, 3.05) is 0 Å². The summed E-state index contributed by atoms with van der Waals surface area (Å²) in [5, 5.41) is 1.95. The highest BCUT2D eigenvalue weighted by atomic mass is 32.2. The molecular formula is C18H20O5S. The molecule has 2 unspecified atom stereocenters. The van der Waals surface area contributed by atoms with Gasteiger partial charge in [-0.1, -0.05) is 56.3 Å². The van der Waals surface area contributed by atoms with Crippen molar-refractivity contribution in [2.45, 2.75) is 39.0 Å². The summed E-state index contributed by atoms with van der Waals surface area (Å²) in [6.45, 7) is 3.64. The van der Waals surface area contributed by atoms with Crippen molar-refractivity contribution in [1.82, 2.24) is 0 Å². The number of carbonyl (C=O) groups is 2. The fraction of sp³-hybridized carbons (Fsp3) is 0.333. The maximum Gasteiger partial charge on any atom is 0.422 e. The zero-order valence-corrected chi connectivity index (χ0v) is 14.5. The molecule has 0 aromatic heterocycles. The van der Waals surface area contributed by atoms with Gasteiger partial charge in [-0.15, -0.1) is 0 Å². The molecule has 0 N–H and O–H groups in total. The van der Waals surface area contributed by atoms with Gasteiger partial charge in [0.05, 0.1) is 5.92 Å². The molecule has 0 bridgehead atoms. The number of benzene rings is 2. The molecule has 24 heavy (non-hydrogen) atoms. The minimum absolute atomic E-state index is 0.129. The van der Waals surface area contributed by atoms with Crippen molar-refractivity contribution in [2.24, 2.45) is 0 Å². The van der Waals surface area contributed by atoms with Gasteiger partial charge in [0.1, 0.15) is 0 Å². The van der Waals surface area contributed by atoms with Gasteiger partial charge in [0.25, 0.3) is 0 Å². The third-order valence-electron chi connectivity index (χ3n) is 3.66. The largest absolute Gasteiger partial charge is 0.422 e. The average molecular weight is 348 g/mol. The Bertz CT molecular complexity index is 751. The topological polar surface area (TPSA) is 69.7 Å². The molecule has 128 valence electrons. The van der Waals surface area contributed by atoms with Crippen molar-refractivity contribution >= 4 is 34.1 Å². The second-order valence-corrected chi connectivity index (χ2v) is 6.08. The molecule has 0 saturated heterocycles. The molecule has 0 fully saturated rings. The van der Waals surface area contributed by atoms with Crippen LogP contribution in [0.3, 0.4) is 0 Å². The zero-order chi connectivity index (χ0) is 17.5. The molecule has 2 rings (SSSR count). The molecule has 0 spiro atoms. The van der Waals surface area contributed by atoms with Crippen molar-refractivity contribution in [1.29, 1.82) is 0 Å². The fourth-order valence-electron chi connectivity index (χ4n) is 2.53. The van der Waals surface area contributed by atoms with E-state index in [0.29, 0.717) is 12.8 Å². The highest BCUT2D eigenvalue weighted by Crippen LogP contribution is 2.29. The summed E-state index contributed by atoms with van der Waals surface area (Å²) >= 11 is -2.41. The van der Waals surface area contributed by atoms with Gasteiger partial charge in [-0.05, 0) is 29.2 Å². The van der Waals surface area contributed by atoms with E-state index in [1.165, 1.54) is 0 Å². The first-order chi connectivity index (χ1) is 11.6. The Labute approximate surface area is 143 Å². The van der Waals surface area contributed by atoms with E-state index in [9.17, 15) is 13.8 Å². The predicted octanol–water partition coefficient (Wildman–Crippen LogP) is 3.80. The first kappa shape index (κ1) is 18.1. The maximum atomic E-state index is 12.4. The number of hydrogen-bond donors (Lipinski definition) is 0. The summed E-state index contributed by atoms with van der Waals surface area (Å²) in [5.41, 5.74) is 0.803. The van der Waals surface area contributed by atoms with E-state index in [-0.39, 0.29) is 6.42 Å². The molecule has 2 aromatic carbocycles. The monoisotopic (exact) mass is 348 g/mol. The molecule has 0 aliphatic rings. The predicted molar refractivity (Wildman–Crippen MR) is 92.2 cm³/mol. The van der Waals surface area contributed by atoms with Gasteiger partial charge in [-0.25, -0.2) is 0 Å². The Hall–Kier alpha value is -2.21. The molecule has 0 heterocycles. The van der Waals surface area contributed by atoms with E-state index in [4.69, 9.17) is 4.18 Å². The van der Waals surface area contributed by atoms with Gasteiger partial charge in [-0.2, -0.15) is 4.21 Å². The third-order valence-corrected chi connectivity index (χ3v) is 4.28. The Morgan fingerprint density at radius 2 is 1.75 bits per heavy atom. The summed E-state index contributed by atoms with van der Waals surface area (Å²) in [7, 11) is 0. The number of fused-ring (bicyclic) bond motifs is 1. The summed E-state index contributed by atoms with van der Waals surface area (Å²) in [6.07, 6.45) is 1.17. The summed E-state index contributed by atoms with van der Waals surface area (Å²) in [6, 6.07) is 13.4. The average Bonchev–Trinajstić information content (AvgIpc) is 2.55. The lowest BCUT2D eigenvalue weighted by atomic mass is 9.92. The van der Waals surface area contributed by atoms with Crippen LogP contribution < -0.4 is 0 Å². The molecule has 0 amide bonds. The van der Waals surface area contributed by atoms with Gasteiger partial charge in [0, 0.05) is 6.42 Å². The van der Waals surface area contributed by atoms with Crippen LogP contribution in [0.5, 0.6) is 0 Å². The lowest BCUT2D eigenvalue weighted by molar-refractivity contribution is -0.138. The van der Waals surface area contributed by atoms with Crippen molar-refractivity contribution in [3.8, 4) is 0 Å². The van der Waals surface area contributed by atoms with Gasteiger partial charge in [0.15, 0.2) is 0 Å². The number of carbonyl (C=O) groups excluding carboxylic acids is 2. The van der Waals surface area contributed by atoms with Crippen LogP contribution in [0.2, 0.25) is 0 Å². The number of rotatable bonds is 7.